The first-order valence-corrected chi connectivity index (χ1v) is 18.6. The van der Waals surface area contributed by atoms with Crippen LogP contribution in [0.2, 0.25) is 5.02 Å². The fraction of sp³-hybridized carbons (Fsp3) is 0.395. The topological polar surface area (TPSA) is 89.1 Å². The number of para-hydroxylation sites is 1. The van der Waals surface area contributed by atoms with E-state index in [-0.39, 0.29) is 23.7 Å². The maximum absolute atomic E-state index is 14.4. The van der Waals surface area contributed by atoms with Gasteiger partial charge in [0.15, 0.2) is 11.5 Å². The van der Waals surface area contributed by atoms with Crippen molar-refractivity contribution >= 4 is 29.1 Å². The molecule has 52 heavy (non-hydrogen) atoms. The van der Waals surface area contributed by atoms with Crippen LogP contribution >= 0.6 is 11.6 Å². The minimum atomic E-state index is -1.06. The zero-order chi connectivity index (χ0) is 36.9. The largest absolute Gasteiger partial charge is 0.492 e. The third-order valence-electron chi connectivity index (χ3n) is 8.90. The lowest BCUT2D eigenvalue weighted by molar-refractivity contribution is -0.138. The van der Waals surface area contributed by atoms with Gasteiger partial charge < -0.3 is 29.7 Å². The molecule has 0 aliphatic carbocycles. The minimum Gasteiger partial charge on any atom is -0.492 e. The van der Waals surface area contributed by atoms with E-state index in [1.807, 2.05) is 66.7 Å². The summed E-state index contributed by atoms with van der Waals surface area (Å²) < 4.78 is 19.0. The number of benzene rings is 4. The van der Waals surface area contributed by atoms with E-state index in [2.05, 4.69) is 55.7 Å². The van der Waals surface area contributed by atoms with Crippen molar-refractivity contribution in [3.8, 4) is 11.5 Å². The van der Waals surface area contributed by atoms with E-state index >= 15 is 0 Å². The Kier molecular flexibility index (Phi) is 14.1. The van der Waals surface area contributed by atoms with Gasteiger partial charge >= 0.3 is 0 Å². The van der Waals surface area contributed by atoms with Crippen LogP contribution in [0.5, 0.6) is 11.5 Å². The lowest BCUT2D eigenvalue weighted by Gasteiger charge is -2.31. The highest BCUT2D eigenvalue weighted by Gasteiger charge is 2.40. The summed E-state index contributed by atoms with van der Waals surface area (Å²) in [5, 5.41) is 7.01. The smallest absolute Gasteiger partial charge is 0.256 e. The molecule has 0 saturated carbocycles. The molecule has 9 heteroatoms. The molecule has 0 aromatic heterocycles. The van der Waals surface area contributed by atoms with Gasteiger partial charge in [0.1, 0.15) is 12.2 Å². The fourth-order valence-corrected chi connectivity index (χ4v) is 6.63. The van der Waals surface area contributed by atoms with Gasteiger partial charge in [-0.25, -0.2) is 0 Å². The molecule has 4 aromatic rings. The second-order valence-electron chi connectivity index (χ2n) is 14.4. The van der Waals surface area contributed by atoms with E-state index in [0.29, 0.717) is 59.5 Å². The maximum Gasteiger partial charge on any atom is 0.256 e. The van der Waals surface area contributed by atoms with Crippen LogP contribution in [0.4, 0.5) is 5.69 Å². The third kappa shape index (κ3) is 11.1. The van der Waals surface area contributed by atoms with Crippen molar-refractivity contribution in [3.63, 3.8) is 0 Å². The van der Waals surface area contributed by atoms with Gasteiger partial charge in [-0.2, -0.15) is 0 Å². The van der Waals surface area contributed by atoms with Crippen molar-refractivity contribution in [1.29, 1.82) is 0 Å². The maximum atomic E-state index is 14.4. The number of amides is 2. The molecule has 0 unspecified atom stereocenters. The molecule has 1 aliphatic rings. The van der Waals surface area contributed by atoms with Crippen LogP contribution in [0.15, 0.2) is 97.1 Å². The number of ether oxygens (including phenoxy) is 3. The highest BCUT2D eigenvalue weighted by atomic mass is 35.5. The molecule has 5 rings (SSSR count). The number of fused-ring (bicyclic) bond motifs is 1. The lowest BCUT2D eigenvalue weighted by Crippen LogP contribution is -2.45. The molecule has 8 nitrogen and oxygen atoms in total. The van der Waals surface area contributed by atoms with Crippen LogP contribution in [-0.4, -0.2) is 57.8 Å². The molecular formula is C43H52ClN3O5. The Labute approximate surface area is 313 Å². The second-order valence-corrected chi connectivity index (χ2v) is 14.8. The number of hydrogen-bond donors (Lipinski definition) is 2. The highest BCUT2D eigenvalue weighted by Crippen LogP contribution is 2.45. The van der Waals surface area contributed by atoms with E-state index in [1.54, 1.807) is 18.1 Å². The van der Waals surface area contributed by atoms with Gasteiger partial charge in [0.25, 0.3) is 5.91 Å². The van der Waals surface area contributed by atoms with E-state index < -0.39 is 12.2 Å². The van der Waals surface area contributed by atoms with Crippen LogP contribution < -0.4 is 25.0 Å². The molecule has 0 spiro atoms. The molecule has 0 radical (unpaired) electrons. The first kappa shape index (κ1) is 38.9. The van der Waals surface area contributed by atoms with Crippen LogP contribution in [0.3, 0.4) is 0 Å². The van der Waals surface area contributed by atoms with E-state index in [1.165, 1.54) is 5.56 Å². The molecule has 0 saturated heterocycles. The third-order valence-corrected chi connectivity index (χ3v) is 9.13. The van der Waals surface area contributed by atoms with Crippen molar-refractivity contribution in [2.24, 2.45) is 5.41 Å². The van der Waals surface area contributed by atoms with Gasteiger partial charge in [0.05, 0.1) is 20.1 Å². The number of anilines is 1. The molecule has 2 atom stereocenters. The average Bonchev–Trinajstić information content (AvgIpc) is 3.23. The van der Waals surface area contributed by atoms with Gasteiger partial charge in [-0.15, -0.1) is 0 Å². The molecule has 276 valence electrons. The number of nitrogens with zero attached hydrogens (tertiary/aromatic N) is 1. The number of carbonyl (C=O) groups excluding carboxylic acids is 2. The number of nitrogens with one attached hydrogen (secondary N) is 2. The first-order valence-electron chi connectivity index (χ1n) is 18.2. The predicted octanol–water partition coefficient (Wildman–Crippen LogP) is 7.96. The van der Waals surface area contributed by atoms with Crippen molar-refractivity contribution in [3.05, 3.63) is 124 Å². The first-order chi connectivity index (χ1) is 25.1. The van der Waals surface area contributed by atoms with Gasteiger partial charge in [-0.3, -0.25) is 9.59 Å². The van der Waals surface area contributed by atoms with Gasteiger partial charge in [-0.05, 0) is 79.6 Å². The molecule has 4 aromatic carbocycles. The summed E-state index contributed by atoms with van der Waals surface area (Å²) in [4.78, 5) is 29.5. The molecular weight excluding hydrogens is 674 g/mol. The molecule has 0 fully saturated rings. The SMILES string of the molecule is COc1c(OCCCNCCCc2ccccc2)cccc1[C@H]1O[C@H](CC(=O)NCCc2ccccc2)C(=O)N(CC(C)(C)C)c2ccc(Cl)cc21. The standard InChI is InChI=1S/C43H52ClN3O5/c1-43(2,3)30-47-36-22-21-33(44)28-35(36)40(52-38(42(47)49)29-39(48)46-26-23-32-16-9-6-10-17-32)34-19-11-20-37(41(34)50-4)51-27-13-25-45-24-12-18-31-14-7-5-8-15-31/h5-11,14-17,19-22,28,38,40,45H,12-13,18,23-27,29-30H2,1-4H3,(H,46,48)/t38-,40-/m1/s1. The van der Waals surface area contributed by atoms with Gasteiger partial charge in [0, 0.05) is 34.9 Å². The Bertz CT molecular complexity index is 1750. The van der Waals surface area contributed by atoms with Crippen LogP contribution in [-0.2, 0) is 27.2 Å². The van der Waals surface area contributed by atoms with Crippen molar-refractivity contribution in [2.45, 2.75) is 65.1 Å². The highest BCUT2D eigenvalue weighted by molar-refractivity contribution is 6.30. The summed E-state index contributed by atoms with van der Waals surface area (Å²) in [7, 11) is 1.60. The summed E-state index contributed by atoms with van der Waals surface area (Å²) in [6, 6.07) is 31.6. The Morgan fingerprint density at radius 1 is 0.846 bits per heavy atom. The molecule has 2 N–H and O–H groups in total. The quantitative estimate of drug-likeness (QED) is 0.108. The Balaban J connectivity index is 1.32. The number of hydrogen-bond acceptors (Lipinski definition) is 6. The van der Waals surface area contributed by atoms with Crippen molar-refractivity contribution in [2.75, 3.05) is 44.8 Å². The van der Waals surface area contributed by atoms with Crippen LogP contribution in [0.1, 0.15) is 68.4 Å². The number of aryl methyl sites for hydroxylation is 1. The normalized spacial score (nSPS) is 15.9. The lowest BCUT2D eigenvalue weighted by atomic mass is 9.94. The van der Waals surface area contributed by atoms with E-state index in [0.717, 1.165) is 37.9 Å². The number of rotatable bonds is 17. The van der Waals surface area contributed by atoms with Gasteiger partial charge in [-0.1, -0.05) is 105 Å². The number of halogens is 1. The molecule has 0 bridgehead atoms. The molecule has 2 amide bonds. The summed E-state index contributed by atoms with van der Waals surface area (Å²) in [6.45, 7) is 9.36. The van der Waals surface area contributed by atoms with Gasteiger partial charge in [0.2, 0.25) is 5.91 Å². The molecule has 1 aliphatic heterocycles. The van der Waals surface area contributed by atoms with Crippen LogP contribution in [0, 0.1) is 5.41 Å². The predicted molar refractivity (Wildman–Crippen MR) is 208 cm³/mol. The summed E-state index contributed by atoms with van der Waals surface area (Å²) in [5.41, 5.74) is 4.32. The Morgan fingerprint density at radius 3 is 2.23 bits per heavy atom. The number of methoxy groups -OCH3 is 1. The summed E-state index contributed by atoms with van der Waals surface area (Å²) in [6.07, 6.45) is 1.65. The van der Waals surface area contributed by atoms with E-state index in [9.17, 15) is 9.59 Å². The van der Waals surface area contributed by atoms with E-state index in [4.69, 9.17) is 25.8 Å². The van der Waals surface area contributed by atoms with Crippen molar-refractivity contribution < 1.29 is 23.8 Å². The number of carbonyl (C=O) groups is 2. The second kappa shape index (κ2) is 18.9. The summed E-state index contributed by atoms with van der Waals surface area (Å²) >= 11 is 6.61. The van der Waals surface area contributed by atoms with Crippen LogP contribution in [0.25, 0.3) is 0 Å². The Morgan fingerprint density at radius 2 is 1.54 bits per heavy atom. The fourth-order valence-electron chi connectivity index (χ4n) is 6.45. The average molecular weight is 726 g/mol. The zero-order valence-electron chi connectivity index (χ0n) is 30.8. The summed E-state index contributed by atoms with van der Waals surface area (Å²) in [5.74, 6) is 0.554. The minimum absolute atomic E-state index is 0.136. The van der Waals surface area contributed by atoms with Crippen molar-refractivity contribution in [1.82, 2.24) is 10.6 Å². The zero-order valence-corrected chi connectivity index (χ0v) is 31.6. The Hall–Kier alpha value is -4.37. The molecule has 1 heterocycles. The monoisotopic (exact) mass is 725 g/mol.